The van der Waals surface area contributed by atoms with Crippen molar-refractivity contribution in [3.63, 3.8) is 0 Å². The van der Waals surface area contributed by atoms with Crippen LogP contribution in [0.4, 0.5) is 0 Å². The fraction of sp³-hybridized carbons (Fsp3) is 0.909. The first-order valence-electron chi connectivity index (χ1n) is 5.44. The van der Waals surface area contributed by atoms with E-state index in [9.17, 15) is 4.79 Å². The van der Waals surface area contributed by atoms with Gasteiger partial charge in [0.1, 0.15) is 0 Å². The second-order valence-corrected chi connectivity index (χ2v) is 4.33. The molecule has 1 amide bonds. The van der Waals surface area contributed by atoms with Crippen molar-refractivity contribution in [1.82, 2.24) is 4.90 Å². The molecule has 1 aliphatic rings. The summed E-state index contributed by atoms with van der Waals surface area (Å²) in [4.78, 5) is 13.6. The molecule has 0 radical (unpaired) electrons. The summed E-state index contributed by atoms with van der Waals surface area (Å²) in [7, 11) is 0. The Labute approximate surface area is 81.3 Å². The molecular weight excluding hydrogens is 162 g/mol. The summed E-state index contributed by atoms with van der Waals surface area (Å²) in [6, 6.07) is 0. The van der Waals surface area contributed by atoms with Gasteiger partial charge in [0.15, 0.2) is 0 Å². The van der Waals surface area contributed by atoms with Gasteiger partial charge >= 0.3 is 0 Å². The molecule has 1 heterocycles. The SMILES string of the molecule is CCC1CCN(C(=O)C(C)C)CC1. The van der Waals surface area contributed by atoms with Crippen LogP contribution in [-0.4, -0.2) is 23.9 Å². The fourth-order valence-corrected chi connectivity index (χ4v) is 1.93. The van der Waals surface area contributed by atoms with Gasteiger partial charge < -0.3 is 4.90 Å². The van der Waals surface area contributed by atoms with E-state index in [2.05, 4.69) is 6.92 Å². The summed E-state index contributed by atoms with van der Waals surface area (Å²) in [5.41, 5.74) is 0. The molecule has 1 aliphatic heterocycles. The summed E-state index contributed by atoms with van der Waals surface area (Å²) in [6.45, 7) is 8.16. The van der Waals surface area contributed by atoms with Gasteiger partial charge in [-0.05, 0) is 18.8 Å². The van der Waals surface area contributed by atoms with Crippen LogP contribution in [0.5, 0.6) is 0 Å². The Morgan fingerprint density at radius 2 is 1.92 bits per heavy atom. The molecule has 0 saturated carbocycles. The van der Waals surface area contributed by atoms with Crippen LogP contribution in [0.15, 0.2) is 0 Å². The standard InChI is InChI=1S/C11H21NO/c1-4-10-5-7-12(8-6-10)11(13)9(2)3/h9-10H,4-8H2,1-3H3. The number of hydrogen-bond acceptors (Lipinski definition) is 1. The number of nitrogens with zero attached hydrogens (tertiary/aromatic N) is 1. The molecule has 1 rings (SSSR count). The monoisotopic (exact) mass is 183 g/mol. The maximum Gasteiger partial charge on any atom is 0.225 e. The van der Waals surface area contributed by atoms with Gasteiger partial charge in [0, 0.05) is 19.0 Å². The van der Waals surface area contributed by atoms with Gasteiger partial charge in [-0.3, -0.25) is 4.79 Å². The minimum absolute atomic E-state index is 0.165. The lowest BCUT2D eigenvalue weighted by atomic mass is 9.94. The smallest absolute Gasteiger partial charge is 0.225 e. The van der Waals surface area contributed by atoms with E-state index in [0.29, 0.717) is 5.91 Å². The van der Waals surface area contributed by atoms with Crippen molar-refractivity contribution in [2.24, 2.45) is 11.8 Å². The van der Waals surface area contributed by atoms with E-state index < -0.39 is 0 Å². The van der Waals surface area contributed by atoms with E-state index in [0.717, 1.165) is 19.0 Å². The second-order valence-electron chi connectivity index (χ2n) is 4.33. The lowest BCUT2D eigenvalue weighted by Gasteiger charge is -2.32. The molecular formula is C11H21NO. The zero-order chi connectivity index (χ0) is 9.84. The Morgan fingerprint density at radius 1 is 1.38 bits per heavy atom. The fourth-order valence-electron chi connectivity index (χ4n) is 1.93. The first-order chi connectivity index (χ1) is 6.15. The highest BCUT2D eigenvalue weighted by Crippen LogP contribution is 2.20. The van der Waals surface area contributed by atoms with Crippen molar-refractivity contribution in [3.05, 3.63) is 0 Å². The Kier molecular flexibility index (Phi) is 3.76. The predicted molar refractivity (Wildman–Crippen MR) is 54.4 cm³/mol. The van der Waals surface area contributed by atoms with Crippen LogP contribution in [0.3, 0.4) is 0 Å². The summed E-state index contributed by atoms with van der Waals surface area (Å²) in [5.74, 6) is 1.35. The van der Waals surface area contributed by atoms with Crippen molar-refractivity contribution in [3.8, 4) is 0 Å². The number of carbonyl (C=O) groups is 1. The number of rotatable bonds is 2. The van der Waals surface area contributed by atoms with Crippen LogP contribution in [0.2, 0.25) is 0 Å². The third kappa shape index (κ3) is 2.71. The van der Waals surface area contributed by atoms with Crippen molar-refractivity contribution in [1.29, 1.82) is 0 Å². The molecule has 2 heteroatoms. The van der Waals surface area contributed by atoms with Crippen molar-refractivity contribution >= 4 is 5.91 Å². The van der Waals surface area contributed by atoms with Gasteiger partial charge in [-0.15, -0.1) is 0 Å². The molecule has 0 aromatic heterocycles. The zero-order valence-electron chi connectivity index (χ0n) is 9.05. The van der Waals surface area contributed by atoms with Crippen LogP contribution in [-0.2, 0) is 4.79 Å². The lowest BCUT2D eigenvalue weighted by Crippen LogP contribution is -2.40. The topological polar surface area (TPSA) is 20.3 Å². The van der Waals surface area contributed by atoms with Crippen molar-refractivity contribution in [2.45, 2.75) is 40.0 Å². The Balaban J connectivity index is 2.36. The lowest BCUT2D eigenvalue weighted by molar-refractivity contribution is -0.135. The van der Waals surface area contributed by atoms with Gasteiger partial charge in [0.2, 0.25) is 5.91 Å². The van der Waals surface area contributed by atoms with Crippen LogP contribution in [0.1, 0.15) is 40.0 Å². The molecule has 1 saturated heterocycles. The van der Waals surface area contributed by atoms with E-state index in [4.69, 9.17) is 0 Å². The molecule has 13 heavy (non-hydrogen) atoms. The molecule has 0 N–H and O–H groups in total. The maximum absolute atomic E-state index is 11.6. The second kappa shape index (κ2) is 4.64. The minimum atomic E-state index is 0.165. The Bertz CT molecular complexity index is 169. The van der Waals surface area contributed by atoms with Crippen molar-refractivity contribution < 1.29 is 4.79 Å². The van der Waals surface area contributed by atoms with Gasteiger partial charge in [0.05, 0.1) is 0 Å². The molecule has 1 fully saturated rings. The van der Waals surface area contributed by atoms with Gasteiger partial charge in [-0.2, -0.15) is 0 Å². The van der Waals surface area contributed by atoms with E-state index in [-0.39, 0.29) is 5.92 Å². The molecule has 0 spiro atoms. The average Bonchev–Trinajstić information content (AvgIpc) is 2.17. The summed E-state index contributed by atoms with van der Waals surface area (Å²) < 4.78 is 0. The third-order valence-electron chi connectivity index (χ3n) is 3.00. The molecule has 0 bridgehead atoms. The van der Waals surface area contributed by atoms with Crippen LogP contribution >= 0.6 is 0 Å². The van der Waals surface area contributed by atoms with Gasteiger partial charge in [0.25, 0.3) is 0 Å². The summed E-state index contributed by atoms with van der Waals surface area (Å²) in [6.07, 6.45) is 3.67. The molecule has 0 atom stereocenters. The van der Waals surface area contributed by atoms with Crippen molar-refractivity contribution in [2.75, 3.05) is 13.1 Å². The molecule has 0 aliphatic carbocycles. The van der Waals surface area contributed by atoms with Crippen LogP contribution in [0.25, 0.3) is 0 Å². The predicted octanol–water partition coefficient (Wildman–Crippen LogP) is 2.29. The zero-order valence-corrected chi connectivity index (χ0v) is 9.05. The molecule has 76 valence electrons. The number of amides is 1. The highest BCUT2D eigenvalue weighted by molar-refractivity contribution is 5.78. The number of piperidine rings is 1. The van der Waals surface area contributed by atoms with Gasteiger partial charge in [-0.25, -0.2) is 0 Å². The van der Waals surface area contributed by atoms with E-state index >= 15 is 0 Å². The summed E-state index contributed by atoms with van der Waals surface area (Å²) >= 11 is 0. The summed E-state index contributed by atoms with van der Waals surface area (Å²) in [5, 5.41) is 0. The maximum atomic E-state index is 11.6. The van der Waals surface area contributed by atoms with E-state index in [1.54, 1.807) is 0 Å². The van der Waals surface area contributed by atoms with E-state index in [1.165, 1.54) is 19.3 Å². The first-order valence-corrected chi connectivity index (χ1v) is 5.44. The number of likely N-dealkylation sites (tertiary alicyclic amines) is 1. The largest absolute Gasteiger partial charge is 0.342 e. The van der Waals surface area contributed by atoms with E-state index in [1.807, 2.05) is 18.7 Å². The molecule has 2 nitrogen and oxygen atoms in total. The molecule has 0 aromatic rings. The number of hydrogen-bond donors (Lipinski definition) is 0. The normalized spacial score (nSPS) is 19.5. The van der Waals surface area contributed by atoms with Crippen LogP contribution in [0, 0.1) is 11.8 Å². The molecule has 0 unspecified atom stereocenters. The van der Waals surface area contributed by atoms with Gasteiger partial charge in [-0.1, -0.05) is 27.2 Å². The highest BCUT2D eigenvalue weighted by atomic mass is 16.2. The number of carbonyl (C=O) groups excluding carboxylic acids is 1. The third-order valence-corrected chi connectivity index (χ3v) is 3.00. The average molecular weight is 183 g/mol. The Morgan fingerprint density at radius 3 is 2.31 bits per heavy atom. The highest BCUT2D eigenvalue weighted by Gasteiger charge is 2.22. The van der Waals surface area contributed by atoms with Crippen LogP contribution < -0.4 is 0 Å². The quantitative estimate of drug-likeness (QED) is 0.643. The molecule has 0 aromatic carbocycles. The minimum Gasteiger partial charge on any atom is -0.342 e. The first kappa shape index (κ1) is 10.6. The Hall–Kier alpha value is -0.530.